The SMILES string of the molecule is CC(Br)C1CCN(c2nccn3cnnc23)CC1. The molecule has 18 heavy (non-hydrogen) atoms. The van der Waals surface area contributed by atoms with E-state index in [9.17, 15) is 0 Å². The van der Waals surface area contributed by atoms with Crippen molar-refractivity contribution in [3.63, 3.8) is 0 Å². The van der Waals surface area contributed by atoms with Crippen LogP contribution in [0, 0.1) is 5.92 Å². The van der Waals surface area contributed by atoms with Crippen LogP contribution in [-0.2, 0) is 0 Å². The summed E-state index contributed by atoms with van der Waals surface area (Å²) in [7, 11) is 0. The molecular formula is C12H16BrN5. The number of hydrogen-bond donors (Lipinski definition) is 0. The Balaban J connectivity index is 1.82. The van der Waals surface area contributed by atoms with Crippen LogP contribution >= 0.6 is 15.9 Å². The van der Waals surface area contributed by atoms with Gasteiger partial charge in [-0.05, 0) is 18.8 Å². The summed E-state index contributed by atoms with van der Waals surface area (Å²) in [6.07, 6.45) is 7.80. The highest BCUT2D eigenvalue weighted by Gasteiger charge is 2.24. The fourth-order valence-corrected chi connectivity index (χ4v) is 3.07. The van der Waals surface area contributed by atoms with E-state index in [-0.39, 0.29) is 0 Å². The summed E-state index contributed by atoms with van der Waals surface area (Å²) in [6.45, 7) is 4.32. The van der Waals surface area contributed by atoms with Crippen molar-refractivity contribution in [3.05, 3.63) is 18.7 Å². The highest BCUT2D eigenvalue weighted by Crippen LogP contribution is 2.28. The first kappa shape index (κ1) is 11.9. The molecule has 1 saturated heterocycles. The van der Waals surface area contributed by atoms with Crippen LogP contribution in [0.3, 0.4) is 0 Å². The van der Waals surface area contributed by atoms with Crippen LogP contribution in [0.2, 0.25) is 0 Å². The van der Waals surface area contributed by atoms with Gasteiger partial charge in [0.1, 0.15) is 6.33 Å². The topological polar surface area (TPSA) is 46.3 Å². The molecule has 5 nitrogen and oxygen atoms in total. The summed E-state index contributed by atoms with van der Waals surface area (Å²) in [6, 6.07) is 0. The highest BCUT2D eigenvalue weighted by atomic mass is 79.9. The zero-order valence-electron chi connectivity index (χ0n) is 10.3. The second-order valence-corrected chi connectivity index (χ2v) is 6.26. The summed E-state index contributed by atoms with van der Waals surface area (Å²) in [5.41, 5.74) is 0.850. The maximum absolute atomic E-state index is 4.46. The van der Waals surface area contributed by atoms with E-state index in [0.717, 1.165) is 30.5 Å². The first-order chi connectivity index (χ1) is 8.75. The molecule has 0 saturated carbocycles. The largest absolute Gasteiger partial charge is 0.353 e. The minimum Gasteiger partial charge on any atom is -0.353 e. The first-order valence-electron chi connectivity index (χ1n) is 6.29. The van der Waals surface area contributed by atoms with Gasteiger partial charge in [-0.1, -0.05) is 22.9 Å². The van der Waals surface area contributed by atoms with Crippen molar-refractivity contribution in [1.82, 2.24) is 19.6 Å². The number of hydrogen-bond acceptors (Lipinski definition) is 4. The molecule has 1 fully saturated rings. The molecule has 1 unspecified atom stereocenters. The molecule has 96 valence electrons. The quantitative estimate of drug-likeness (QED) is 0.797. The molecule has 6 heteroatoms. The number of anilines is 1. The molecule has 2 aromatic heterocycles. The van der Waals surface area contributed by atoms with Crippen molar-refractivity contribution in [2.45, 2.75) is 24.6 Å². The number of fused-ring (bicyclic) bond motifs is 1. The maximum atomic E-state index is 4.46. The summed E-state index contributed by atoms with van der Waals surface area (Å²) in [4.78, 5) is 7.37. The number of piperidine rings is 1. The van der Waals surface area contributed by atoms with Gasteiger partial charge in [0.25, 0.3) is 0 Å². The zero-order chi connectivity index (χ0) is 12.5. The Labute approximate surface area is 114 Å². The normalized spacial score (nSPS) is 19.3. The Hall–Kier alpha value is -1.17. The lowest BCUT2D eigenvalue weighted by molar-refractivity contribution is 0.406. The van der Waals surface area contributed by atoms with E-state index in [2.05, 4.69) is 42.9 Å². The molecule has 3 heterocycles. The third-order valence-corrected chi connectivity index (χ3v) is 4.43. The number of halogens is 1. The van der Waals surface area contributed by atoms with Gasteiger partial charge in [-0.2, -0.15) is 0 Å². The van der Waals surface area contributed by atoms with Gasteiger partial charge in [0, 0.05) is 30.3 Å². The van der Waals surface area contributed by atoms with Gasteiger partial charge < -0.3 is 4.90 Å². The average molecular weight is 310 g/mol. The van der Waals surface area contributed by atoms with Gasteiger partial charge in [0.2, 0.25) is 5.65 Å². The van der Waals surface area contributed by atoms with Crippen molar-refractivity contribution in [2.24, 2.45) is 5.92 Å². The average Bonchev–Trinajstić information content (AvgIpc) is 2.87. The second kappa shape index (κ2) is 4.84. The molecule has 0 aromatic carbocycles. The molecule has 0 aliphatic carbocycles. The number of aromatic nitrogens is 4. The summed E-state index contributed by atoms with van der Waals surface area (Å²) < 4.78 is 1.92. The molecule has 3 rings (SSSR count). The number of alkyl halides is 1. The smallest absolute Gasteiger partial charge is 0.203 e. The molecule has 0 amide bonds. The van der Waals surface area contributed by atoms with Crippen LogP contribution in [0.25, 0.3) is 5.65 Å². The van der Waals surface area contributed by atoms with E-state index in [1.807, 2.05) is 16.8 Å². The Morgan fingerprint density at radius 1 is 1.39 bits per heavy atom. The molecule has 0 spiro atoms. The van der Waals surface area contributed by atoms with Gasteiger partial charge in [0.05, 0.1) is 0 Å². The molecule has 2 aromatic rings. The highest BCUT2D eigenvalue weighted by molar-refractivity contribution is 9.09. The molecule has 0 bridgehead atoms. The van der Waals surface area contributed by atoms with Gasteiger partial charge in [-0.15, -0.1) is 10.2 Å². The van der Waals surface area contributed by atoms with E-state index in [4.69, 9.17) is 0 Å². The Kier molecular flexibility index (Phi) is 3.20. The van der Waals surface area contributed by atoms with E-state index in [0.29, 0.717) is 4.83 Å². The van der Waals surface area contributed by atoms with Gasteiger partial charge in [-0.25, -0.2) is 4.98 Å². The Morgan fingerprint density at radius 2 is 2.17 bits per heavy atom. The second-order valence-electron chi connectivity index (χ2n) is 4.81. The summed E-state index contributed by atoms with van der Waals surface area (Å²) >= 11 is 3.69. The lowest BCUT2D eigenvalue weighted by Crippen LogP contribution is -2.36. The minimum absolute atomic E-state index is 0.594. The number of nitrogens with zero attached hydrogens (tertiary/aromatic N) is 5. The predicted octanol–water partition coefficient (Wildman–Crippen LogP) is 2.12. The van der Waals surface area contributed by atoms with E-state index in [1.165, 1.54) is 12.8 Å². The monoisotopic (exact) mass is 309 g/mol. The van der Waals surface area contributed by atoms with Crippen LogP contribution in [-0.4, -0.2) is 37.5 Å². The molecule has 0 N–H and O–H groups in total. The van der Waals surface area contributed by atoms with Gasteiger partial charge in [-0.3, -0.25) is 4.40 Å². The third-order valence-electron chi connectivity index (χ3n) is 3.69. The Morgan fingerprint density at radius 3 is 2.89 bits per heavy atom. The lowest BCUT2D eigenvalue weighted by Gasteiger charge is -2.33. The Bertz CT molecular complexity index is 530. The predicted molar refractivity (Wildman–Crippen MR) is 74.1 cm³/mol. The fourth-order valence-electron chi connectivity index (χ4n) is 2.54. The molecule has 1 aliphatic rings. The minimum atomic E-state index is 0.594. The lowest BCUT2D eigenvalue weighted by atomic mass is 9.94. The first-order valence-corrected chi connectivity index (χ1v) is 7.20. The standard InChI is InChI=1S/C12H16BrN5/c1-9(13)10-2-5-17(6-3-10)11-12-16-15-8-18(12)7-4-14-11/h4,7-10H,2-3,5-6H2,1H3. The van der Waals surface area contributed by atoms with Crippen LogP contribution in [0.15, 0.2) is 18.7 Å². The van der Waals surface area contributed by atoms with Crippen LogP contribution < -0.4 is 4.90 Å². The van der Waals surface area contributed by atoms with Crippen molar-refractivity contribution >= 4 is 27.4 Å². The maximum Gasteiger partial charge on any atom is 0.203 e. The van der Waals surface area contributed by atoms with E-state index < -0.39 is 0 Å². The van der Waals surface area contributed by atoms with Crippen molar-refractivity contribution < 1.29 is 0 Å². The fraction of sp³-hybridized carbons (Fsp3) is 0.583. The van der Waals surface area contributed by atoms with Crippen LogP contribution in [0.4, 0.5) is 5.82 Å². The van der Waals surface area contributed by atoms with Crippen molar-refractivity contribution in [3.8, 4) is 0 Å². The van der Waals surface area contributed by atoms with Crippen LogP contribution in [0.5, 0.6) is 0 Å². The number of rotatable bonds is 2. The van der Waals surface area contributed by atoms with Crippen LogP contribution in [0.1, 0.15) is 19.8 Å². The van der Waals surface area contributed by atoms with Gasteiger partial charge >= 0.3 is 0 Å². The summed E-state index contributed by atoms with van der Waals surface area (Å²) in [5, 5.41) is 8.09. The summed E-state index contributed by atoms with van der Waals surface area (Å²) in [5.74, 6) is 1.72. The molecule has 1 aliphatic heterocycles. The van der Waals surface area contributed by atoms with E-state index in [1.54, 1.807) is 6.33 Å². The molecule has 1 atom stereocenters. The molecule has 0 radical (unpaired) electrons. The van der Waals surface area contributed by atoms with Crippen molar-refractivity contribution in [2.75, 3.05) is 18.0 Å². The zero-order valence-corrected chi connectivity index (χ0v) is 11.9. The van der Waals surface area contributed by atoms with Gasteiger partial charge in [0.15, 0.2) is 5.82 Å². The van der Waals surface area contributed by atoms with E-state index >= 15 is 0 Å². The third kappa shape index (κ3) is 2.09. The van der Waals surface area contributed by atoms with Crippen molar-refractivity contribution in [1.29, 1.82) is 0 Å². The molecular weight excluding hydrogens is 294 g/mol.